The summed E-state index contributed by atoms with van der Waals surface area (Å²) >= 11 is 3.35. The minimum atomic E-state index is 0.734. The number of alkyl halides is 1. The first kappa shape index (κ1) is 12.7. The van der Waals surface area contributed by atoms with Gasteiger partial charge in [-0.15, -0.1) is 0 Å². The average Bonchev–Trinajstić information content (AvgIpc) is 2.41. The largest absolute Gasteiger partial charge is 0.457 e. The molecule has 2 aromatic rings. The van der Waals surface area contributed by atoms with Gasteiger partial charge >= 0.3 is 0 Å². The van der Waals surface area contributed by atoms with Gasteiger partial charge in [0.15, 0.2) is 0 Å². The molecule has 0 fully saturated rings. The molecule has 92 valence electrons. The summed E-state index contributed by atoms with van der Waals surface area (Å²) in [5, 5.41) is 0.858. The summed E-state index contributed by atoms with van der Waals surface area (Å²) < 4.78 is 5.70. The number of ether oxygens (including phenoxy) is 1. The Balaban J connectivity index is 2.06. The highest BCUT2D eigenvalue weighted by Crippen LogP contribution is 2.22. The molecule has 0 aromatic heterocycles. The molecule has 0 aliphatic rings. The molecule has 18 heavy (non-hydrogen) atoms. The van der Waals surface area contributed by atoms with Crippen LogP contribution in [0.5, 0.6) is 11.5 Å². The molecular formula is C15H14BrNO. The summed E-state index contributed by atoms with van der Waals surface area (Å²) in [6.45, 7) is 0. The molecule has 2 rings (SSSR count). The van der Waals surface area contributed by atoms with Crippen LogP contribution in [-0.2, 0) is 0 Å². The van der Waals surface area contributed by atoms with E-state index in [0.717, 1.165) is 28.1 Å². The topological polar surface area (TPSA) is 35.2 Å². The maximum Gasteiger partial charge on any atom is 0.127 e. The number of allylic oxidation sites excluding steroid dienone is 1. The van der Waals surface area contributed by atoms with Crippen molar-refractivity contribution in [2.45, 2.75) is 0 Å². The Labute approximate surface area is 115 Å². The molecule has 3 heteroatoms. The second kappa shape index (κ2) is 6.26. The van der Waals surface area contributed by atoms with Crippen LogP contribution in [0.15, 0.2) is 54.6 Å². The van der Waals surface area contributed by atoms with Crippen molar-refractivity contribution >= 4 is 27.7 Å². The molecule has 0 bridgehead atoms. The molecule has 0 radical (unpaired) electrons. The third-order valence-corrected chi connectivity index (χ3v) is 2.77. The van der Waals surface area contributed by atoms with E-state index >= 15 is 0 Å². The first-order chi connectivity index (χ1) is 8.78. The first-order valence-corrected chi connectivity index (χ1v) is 6.76. The summed E-state index contributed by atoms with van der Waals surface area (Å²) in [6.07, 6.45) is 4.11. The van der Waals surface area contributed by atoms with Gasteiger partial charge in [-0.2, -0.15) is 0 Å². The predicted molar refractivity (Wildman–Crippen MR) is 80.2 cm³/mol. The van der Waals surface area contributed by atoms with Crippen molar-refractivity contribution in [1.29, 1.82) is 0 Å². The van der Waals surface area contributed by atoms with E-state index in [-0.39, 0.29) is 0 Å². The Hall–Kier alpha value is -1.74. The van der Waals surface area contributed by atoms with Crippen LogP contribution < -0.4 is 10.5 Å². The van der Waals surface area contributed by atoms with Crippen molar-refractivity contribution in [3.8, 4) is 11.5 Å². The Morgan fingerprint density at radius 2 is 1.50 bits per heavy atom. The Kier molecular flexibility index (Phi) is 4.42. The standard InChI is InChI=1S/C15H14BrNO/c16-11-1-2-12-3-7-14(8-4-12)18-15-9-5-13(17)6-10-15/h1-10H,11,17H2. The number of rotatable bonds is 4. The van der Waals surface area contributed by atoms with Gasteiger partial charge in [-0.3, -0.25) is 0 Å². The van der Waals surface area contributed by atoms with Gasteiger partial charge in [0.25, 0.3) is 0 Å². The van der Waals surface area contributed by atoms with E-state index < -0.39 is 0 Å². The first-order valence-electron chi connectivity index (χ1n) is 5.64. The summed E-state index contributed by atoms with van der Waals surface area (Å²) in [5.41, 5.74) is 7.51. The minimum absolute atomic E-state index is 0.734. The summed E-state index contributed by atoms with van der Waals surface area (Å²) in [7, 11) is 0. The molecule has 0 aliphatic carbocycles. The molecule has 0 heterocycles. The highest BCUT2D eigenvalue weighted by atomic mass is 79.9. The van der Waals surface area contributed by atoms with Gasteiger partial charge in [-0.05, 0) is 42.0 Å². The third kappa shape index (κ3) is 3.64. The smallest absolute Gasteiger partial charge is 0.127 e. The fraction of sp³-hybridized carbons (Fsp3) is 0.0667. The number of nitrogen functional groups attached to an aromatic ring is 1. The SMILES string of the molecule is Nc1ccc(Oc2ccc(C=CCBr)cc2)cc1. The van der Waals surface area contributed by atoms with E-state index in [4.69, 9.17) is 10.5 Å². The van der Waals surface area contributed by atoms with E-state index in [1.165, 1.54) is 0 Å². The van der Waals surface area contributed by atoms with Crippen molar-refractivity contribution in [2.75, 3.05) is 11.1 Å². The van der Waals surface area contributed by atoms with E-state index in [1.807, 2.05) is 48.5 Å². The van der Waals surface area contributed by atoms with Crippen molar-refractivity contribution < 1.29 is 4.74 Å². The number of hydrogen-bond donors (Lipinski definition) is 1. The second-order valence-electron chi connectivity index (χ2n) is 3.80. The van der Waals surface area contributed by atoms with Crippen LogP contribution in [0, 0.1) is 0 Å². The molecule has 0 saturated carbocycles. The lowest BCUT2D eigenvalue weighted by Gasteiger charge is -2.06. The van der Waals surface area contributed by atoms with Crippen molar-refractivity contribution in [3.63, 3.8) is 0 Å². The van der Waals surface area contributed by atoms with Gasteiger partial charge in [-0.25, -0.2) is 0 Å². The molecule has 2 N–H and O–H groups in total. The lowest BCUT2D eigenvalue weighted by molar-refractivity contribution is 0.483. The van der Waals surface area contributed by atoms with Crippen LogP contribution in [0.1, 0.15) is 5.56 Å². The van der Waals surface area contributed by atoms with Crippen LogP contribution in [0.3, 0.4) is 0 Å². The van der Waals surface area contributed by atoms with Crippen LogP contribution in [0.25, 0.3) is 6.08 Å². The molecule has 0 atom stereocenters. The number of anilines is 1. The highest BCUT2D eigenvalue weighted by Gasteiger charge is 1.96. The molecular weight excluding hydrogens is 290 g/mol. The van der Waals surface area contributed by atoms with E-state index in [0.29, 0.717) is 0 Å². The Bertz CT molecular complexity index is 517. The molecule has 0 unspecified atom stereocenters. The normalized spacial score (nSPS) is 10.7. The van der Waals surface area contributed by atoms with Crippen molar-refractivity contribution in [3.05, 3.63) is 60.2 Å². The Morgan fingerprint density at radius 1 is 0.944 bits per heavy atom. The number of halogens is 1. The number of benzene rings is 2. The highest BCUT2D eigenvalue weighted by molar-refractivity contribution is 9.09. The van der Waals surface area contributed by atoms with E-state index in [2.05, 4.69) is 28.1 Å². The third-order valence-electron chi connectivity index (χ3n) is 2.40. The van der Waals surface area contributed by atoms with Gasteiger partial charge in [-0.1, -0.05) is 40.2 Å². The molecule has 2 aromatic carbocycles. The zero-order valence-electron chi connectivity index (χ0n) is 9.84. The fourth-order valence-electron chi connectivity index (χ4n) is 1.50. The molecule has 0 aliphatic heterocycles. The van der Waals surface area contributed by atoms with Crippen LogP contribution in [0.4, 0.5) is 5.69 Å². The van der Waals surface area contributed by atoms with Gasteiger partial charge in [0.1, 0.15) is 11.5 Å². The molecule has 0 amide bonds. The minimum Gasteiger partial charge on any atom is -0.457 e. The average molecular weight is 304 g/mol. The monoisotopic (exact) mass is 303 g/mol. The van der Waals surface area contributed by atoms with E-state index in [9.17, 15) is 0 Å². The van der Waals surface area contributed by atoms with Gasteiger partial charge in [0, 0.05) is 11.0 Å². The van der Waals surface area contributed by atoms with Gasteiger partial charge < -0.3 is 10.5 Å². The Morgan fingerprint density at radius 3 is 2.06 bits per heavy atom. The van der Waals surface area contributed by atoms with Crippen LogP contribution in [0.2, 0.25) is 0 Å². The molecule has 0 spiro atoms. The molecule has 2 nitrogen and oxygen atoms in total. The van der Waals surface area contributed by atoms with Crippen LogP contribution in [-0.4, -0.2) is 5.33 Å². The maximum absolute atomic E-state index is 5.70. The quantitative estimate of drug-likeness (QED) is 0.668. The van der Waals surface area contributed by atoms with Crippen molar-refractivity contribution in [2.24, 2.45) is 0 Å². The second-order valence-corrected chi connectivity index (χ2v) is 4.44. The maximum atomic E-state index is 5.70. The molecule has 0 saturated heterocycles. The van der Waals surface area contributed by atoms with Crippen LogP contribution >= 0.6 is 15.9 Å². The zero-order chi connectivity index (χ0) is 12.8. The van der Waals surface area contributed by atoms with Crippen molar-refractivity contribution in [1.82, 2.24) is 0 Å². The fourth-order valence-corrected chi connectivity index (χ4v) is 1.69. The predicted octanol–water partition coefficient (Wildman–Crippen LogP) is 4.47. The number of hydrogen-bond acceptors (Lipinski definition) is 2. The van der Waals surface area contributed by atoms with E-state index in [1.54, 1.807) is 0 Å². The number of nitrogens with two attached hydrogens (primary N) is 1. The van der Waals surface area contributed by atoms with Gasteiger partial charge in [0.2, 0.25) is 0 Å². The lowest BCUT2D eigenvalue weighted by atomic mass is 10.2. The lowest BCUT2D eigenvalue weighted by Crippen LogP contribution is -1.86. The summed E-state index contributed by atoms with van der Waals surface area (Å²) in [4.78, 5) is 0. The summed E-state index contributed by atoms with van der Waals surface area (Å²) in [6, 6.07) is 15.3. The summed E-state index contributed by atoms with van der Waals surface area (Å²) in [5.74, 6) is 1.60. The van der Waals surface area contributed by atoms with Gasteiger partial charge in [0.05, 0.1) is 0 Å². The zero-order valence-corrected chi connectivity index (χ0v) is 11.4.